The predicted molar refractivity (Wildman–Crippen MR) is 127 cm³/mol. The molecule has 0 amide bonds. The van der Waals surface area contributed by atoms with Crippen LogP contribution in [0.2, 0.25) is 0 Å². The maximum Gasteiger partial charge on any atom is 0.335 e. The number of rotatable bonds is 8. The lowest BCUT2D eigenvalue weighted by Gasteiger charge is -2.18. The number of imidazole rings is 1. The minimum atomic E-state index is -2.99. The van der Waals surface area contributed by atoms with Gasteiger partial charge in [0.15, 0.2) is 0 Å². The van der Waals surface area contributed by atoms with E-state index in [1.54, 1.807) is 24.3 Å². The van der Waals surface area contributed by atoms with Crippen molar-refractivity contribution in [2.24, 2.45) is 5.92 Å². The van der Waals surface area contributed by atoms with E-state index in [0.29, 0.717) is 35.0 Å². The highest BCUT2D eigenvalue weighted by molar-refractivity contribution is 5.93. The molecule has 34 heavy (non-hydrogen) atoms. The number of nitrogens with one attached hydrogen (secondary N) is 1. The molecule has 1 saturated carbocycles. The van der Waals surface area contributed by atoms with Gasteiger partial charge in [0.25, 0.3) is 5.92 Å². The molecule has 8 heteroatoms. The van der Waals surface area contributed by atoms with Crippen LogP contribution in [0, 0.1) is 5.92 Å². The SMILES string of the molecule is CC(F)(F)c1ccccc1Cn1c(NCCC2CCCC(O)CC2)nc2cc(C(=O)O)ccc21. The van der Waals surface area contributed by atoms with Crippen LogP contribution in [0.5, 0.6) is 0 Å². The largest absolute Gasteiger partial charge is 0.478 e. The molecule has 2 unspecified atom stereocenters. The average Bonchev–Trinajstić information content (AvgIpc) is 2.98. The number of benzene rings is 2. The van der Waals surface area contributed by atoms with Gasteiger partial charge in [-0.1, -0.05) is 37.1 Å². The zero-order chi connectivity index (χ0) is 24.3. The van der Waals surface area contributed by atoms with Gasteiger partial charge in [0.1, 0.15) is 0 Å². The van der Waals surface area contributed by atoms with Crippen LogP contribution in [0.15, 0.2) is 42.5 Å². The van der Waals surface area contributed by atoms with Crippen molar-refractivity contribution in [1.29, 1.82) is 0 Å². The highest BCUT2D eigenvalue weighted by atomic mass is 19.3. The van der Waals surface area contributed by atoms with E-state index in [4.69, 9.17) is 0 Å². The Morgan fingerprint density at radius 1 is 1.18 bits per heavy atom. The van der Waals surface area contributed by atoms with Gasteiger partial charge in [-0.05, 0) is 55.4 Å². The molecule has 1 aliphatic carbocycles. The summed E-state index contributed by atoms with van der Waals surface area (Å²) in [7, 11) is 0. The summed E-state index contributed by atoms with van der Waals surface area (Å²) in [5, 5.41) is 22.6. The Morgan fingerprint density at radius 3 is 2.74 bits per heavy atom. The standard InChI is InChI=1S/C26H31F2N3O3/c1-26(27,28)21-8-3-2-6-19(21)16-31-23-12-10-18(24(33)34)15-22(23)30-25(31)29-14-13-17-5-4-7-20(32)11-9-17/h2-3,6,8,10,12,15,17,20,32H,4-5,7,9,11,13-14,16H2,1H3,(H,29,30)(H,33,34). The van der Waals surface area contributed by atoms with Gasteiger partial charge in [0, 0.05) is 19.0 Å². The number of aromatic carboxylic acids is 1. The van der Waals surface area contributed by atoms with Crippen LogP contribution in [-0.4, -0.2) is 38.4 Å². The molecule has 1 aromatic heterocycles. The third-order valence-corrected chi connectivity index (χ3v) is 6.71. The monoisotopic (exact) mass is 471 g/mol. The van der Waals surface area contributed by atoms with Crippen molar-refractivity contribution in [1.82, 2.24) is 9.55 Å². The second-order valence-electron chi connectivity index (χ2n) is 9.32. The first-order valence-electron chi connectivity index (χ1n) is 11.8. The van der Waals surface area contributed by atoms with E-state index in [-0.39, 0.29) is 23.8 Å². The van der Waals surface area contributed by atoms with Crippen LogP contribution < -0.4 is 5.32 Å². The number of hydrogen-bond acceptors (Lipinski definition) is 4. The van der Waals surface area contributed by atoms with Crippen molar-refractivity contribution in [2.75, 3.05) is 11.9 Å². The van der Waals surface area contributed by atoms with Crippen molar-refractivity contribution in [3.05, 3.63) is 59.2 Å². The number of nitrogens with zero attached hydrogens (tertiary/aromatic N) is 2. The summed E-state index contributed by atoms with van der Waals surface area (Å²) in [4.78, 5) is 16.0. The van der Waals surface area contributed by atoms with Gasteiger partial charge >= 0.3 is 5.97 Å². The Morgan fingerprint density at radius 2 is 1.97 bits per heavy atom. The molecule has 0 bridgehead atoms. The Labute approximate surface area is 197 Å². The van der Waals surface area contributed by atoms with E-state index >= 15 is 0 Å². The fraction of sp³-hybridized carbons (Fsp3) is 0.462. The first kappa shape index (κ1) is 24.1. The van der Waals surface area contributed by atoms with Crippen LogP contribution >= 0.6 is 0 Å². The minimum absolute atomic E-state index is 0.0398. The third kappa shape index (κ3) is 5.55. The minimum Gasteiger partial charge on any atom is -0.478 e. The molecule has 4 rings (SSSR count). The molecular formula is C26H31F2N3O3. The van der Waals surface area contributed by atoms with Gasteiger partial charge in [-0.2, -0.15) is 0 Å². The van der Waals surface area contributed by atoms with Crippen molar-refractivity contribution < 1.29 is 23.8 Å². The number of aliphatic hydroxyl groups excluding tert-OH is 1. The maximum absolute atomic E-state index is 14.2. The lowest BCUT2D eigenvalue weighted by Crippen LogP contribution is -2.16. The average molecular weight is 472 g/mol. The number of halogens is 2. The van der Waals surface area contributed by atoms with Gasteiger partial charge in [-0.25, -0.2) is 18.6 Å². The summed E-state index contributed by atoms with van der Waals surface area (Å²) >= 11 is 0. The number of hydrogen-bond donors (Lipinski definition) is 3. The van der Waals surface area contributed by atoms with Crippen LogP contribution in [0.3, 0.4) is 0 Å². The van der Waals surface area contributed by atoms with Gasteiger partial charge < -0.3 is 20.1 Å². The summed E-state index contributed by atoms with van der Waals surface area (Å²) in [6.45, 7) is 1.72. The molecule has 1 fully saturated rings. The summed E-state index contributed by atoms with van der Waals surface area (Å²) in [5.74, 6) is -2.99. The van der Waals surface area contributed by atoms with Crippen molar-refractivity contribution in [3.8, 4) is 0 Å². The van der Waals surface area contributed by atoms with E-state index in [1.807, 2.05) is 4.57 Å². The van der Waals surface area contributed by atoms with E-state index in [9.17, 15) is 23.8 Å². The molecule has 182 valence electrons. The van der Waals surface area contributed by atoms with Gasteiger partial charge in [-0.3, -0.25) is 0 Å². The van der Waals surface area contributed by atoms with Crippen molar-refractivity contribution in [2.45, 2.75) is 64.0 Å². The van der Waals surface area contributed by atoms with Crippen LogP contribution in [-0.2, 0) is 12.5 Å². The molecule has 0 aliphatic heterocycles. The summed E-state index contributed by atoms with van der Waals surface area (Å²) in [6.07, 6.45) is 5.47. The molecule has 0 saturated heterocycles. The number of aliphatic hydroxyl groups is 1. The fourth-order valence-electron chi connectivity index (χ4n) is 4.85. The number of aromatic nitrogens is 2. The number of carboxylic acid groups (broad SMARTS) is 1. The molecule has 0 radical (unpaired) electrons. The molecule has 1 aliphatic rings. The maximum atomic E-state index is 14.2. The first-order chi connectivity index (χ1) is 16.2. The Bertz CT molecular complexity index is 1160. The smallest absolute Gasteiger partial charge is 0.335 e. The zero-order valence-electron chi connectivity index (χ0n) is 19.3. The number of carbonyl (C=O) groups is 1. The number of alkyl halides is 2. The van der Waals surface area contributed by atoms with Crippen LogP contribution in [0.25, 0.3) is 11.0 Å². The van der Waals surface area contributed by atoms with Gasteiger partial charge in [0.05, 0.1) is 29.2 Å². The zero-order valence-corrected chi connectivity index (χ0v) is 19.3. The summed E-state index contributed by atoms with van der Waals surface area (Å²) in [6, 6.07) is 11.1. The molecule has 3 aromatic rings. The van der Waals surface area contributed by atoms with E-state index in [0.717, 1.165) is 45.4 Å². The van der Waals surface area contributed by atoms with Crippen LogP contribution in [0.1, 0.15) is 66.9 Å². The molecular weight excluding hydrogens is 440 g/mol. The van der Waals surface area contributed by atoms with Gasteiger partial charge in [0.2, 0.25) is 5.95 Å². The lowest BCUT2D eigenvalue weighted by molar-refractivity contribution is 0.0164. The topological polar surface area (TPSA) is 87.4 Å². The normalized spacial score (nSPS) is 19.2. The van der Waals surface area contributed by atoms with Crippen molar-refractivity contribution >= 4 is 23.0 Å². The molecule has 2 atom stereocenters. The number of carboxylic acids is 1. The molecule has 3 N–H and O–H groups in total. The summed E-state index contributed by atoms with van der Waals surface area (Å²) < 4.78 is 30.3. The first-order valence-corrected chi connectivity index (χ1v) is 11.8. The molecule has 1 heterocycles. The Kier molecular flexibility index (Phi) is 7.16. The number of anilines is 1. The fourth-order valence-corrected chi connectivity index (χ4v) is 4.85. The van der Waals surface area contributed by atoms with Crippen molar-refractivity contribution in [3.63, 3.8) is 0 Å². The predicted octanol–water partition coefficient (Wildman–Crippen LogP) is 5.64. The number of fused-ring (bicyclic) bond motifs is 1. The van der Waals surface area contributed by atoms with E-state index in [1.165, 1.54) is 18.2 Å². The molecule has 0 spiro atoms. The second kappa shape index (κ2) is 10.1. The highest BCUT2D eigenvalue weighted by Crippen LogP contribution is 2.32. The van der Waals surface area contributed by atoms with E-state index < -0.39 is 11.9 Å². The summed E-state index contributed by atoms with van der Waals surface area (Å²) in [5.41, 5.74) is 1.75. The molecule has 2 aromatic carbocycles. The third-order valence-electron chi connectivity index (χ3n) is 6.71. The van der Waals surface area contributed by atoms with E-state index in [2.05, 4.69) is 10.3 Å². The lowest BCUT2D eigenvalue weighted by atomic mass is 9.97. The quantitative estimate of drug-likeness (QED) is 0.370. The Hall–Kier alpha value is -3.00. The second-order valence-corrected chi connectivity index (χ2v) is 9.32. The van der Waals surface area contributed by atoms with Crippen LogP contribution in [0.4, 0.5) is 14.7 Å². The highest BCUT2D eigenvalue weighted by Gasteiger charge is 2.28. The van der Waals surface area contributed by atoms with Gasteiger partial charge in [-0.15, -0.1) is 0 Å². The molecule has 6 nitrogen and oxygen atoms in total. The Balaban J connectivity index is 1.62.